The molecular weight excluding hydrogens is 416 g/mol. The summed E-state index contributed by atoms with van der Waals surface area (Å²) in [5.41, 5.74) is 0.871. The molecule has 1 N–H and O–H groups in total. The number of hydrogen-bond acceptors (Lipinski definition) is 4. The van der Waals surface area contributed by atoms with Gasteiger partial charge in [-0.1, -0.05) is 50.1 Å². The molecule has 6 nitrogen and oxygen atoms in total. The molecule has 0 aliphatic rings. The number of benzene rings is 2. The average molecular weight is 447 g/mol. The van der Waals surface area contributed by atoms with Crippen LogP contribution in [0, 0.1) is 0 Å². The van der Waals surface area contributed by atoms with Gasteiger partial charge in [-0.25, -0.2) is 0 Å². The van der Waals surface area contributed by atoms with Crippen molar-refractivity contribution in [2.75, 3.05) is 20.3 Å². The monoisotopic (exact) mass is 446 g/mol. The van der Waals surface area contributed by atoms with E-state index in [-0.39, 0.29) is 25.0 Å². The fourth-order valence-corrected chi connectivity index (χ4v) is 3.36. The van der Waals surface area contributed by atoms with E-state index in [4.69, 9.17) is 21.1 Å². The second-order valence-electron chi connectivity index (χ2n) is 7.19. The molecule has 0 fully saturated rings. The van der Waals surface area contributed by atoms with Crippen LogP contribution in [0.4, 0.5) is 0 Å². The van der Waals surface area contributed by atoms with Crippen molar-refractivity contribution < 1.29 is 19.1 Å². The molecule has 168 valence electrons. The van der Waals surface area contributed by atoms with Gasteiger partial charge in [0.25, 0.3) is 5.91 Å². The third-order valence-corrected chi connectivity index (χ3v) is 5.10. The highest BCUT2D eigenvalue weighted by Gasteiger charge is 2.28. The van der Waals surface area contributed by atoms with Crippen LogP contribution in [0.5, 0.6) is 11.5 Å². The number of methoxy groups -OCH3 is 1. The Labute approximate surface area is 189 Å². The van der Waals surface area contributed by atoms with E-state index in [0.29, 0.717) is 29.5 Å². The van der Waals surface area contributed by atoms with Crippen molar-refractivity contribution in [2.24, 2.45) is 0 Å². The smallest absolute Gasteiger partial charge is 0.261 e. The van der Waals surface area contributed by atoms with Crippen LogP contribution in [0.2, 0.25) is 5.02 Å². The van der Waals surface area contributed by atoms with Gasteiger partial charge in [0.15, 0.2) is 6.61 Å². The van der Waals surface area contributed by atoms with Gasteiger partial charge in [-0.2, -0.15) is 0 Å². The molecule has 0 saturated heterocycles. The van der Waals surface area contributed by atoms with Crippen molar-refractivity contribution in [1.82, 2.24) is 10.2 Å². The highest BCUT2D eigenvalue weighted by atomic mass is 35.5. The Hall–Kier alpha value is -2.73. The van der Waals surface area contributed by atoms with Crippen molar-refractivity contribution >= 4 is 23.4 Å². The van der Waals surface area contributed by atoms with Crippen LogP contribution in [0.25, 0.3) is 0 Å². The molecule has 0 saturated carbocycles. The van der Waals surface area contributed by atoms with Gasteiger partial charge in [0.1, 0.15) is 17.5 Å². The van der Waals surface area contributed by atoms with E-state index < -0.39 is 6.04 Å². The number of amides is 2. The lowest BCUT2D eigenvalue weighted by molar-refractivity contribution is -0.143. The largest absolute Gasteiger partial charge is 0.497 e. The molecule has 0 aliphatic heterocycles. The second-order valence-corrected chi connectivity index (χ2v) is 7.62. The minimum atomic E-state index is -0.599. The number of halogens is 1. The van der Waals surface area contributed by atoms with Crippen LogP contribution < -0.4 is 14.8 Å². The molecule has 7 heteroatoms. The molecule has 0 spiro atoms. The first-order chi connectivity index (χ1) is 15.0. The Bertz CT molecular complexity index is 859. The van der Waals surface area contributed by atoms with Gasteiger partial charge >= 0.3 is 0 Å². The summed E-state index contributed by atoms with van der Waals surface area (Å²) in [4.78, 5) is 27.6. The molecule has 2 rings (SSSR count). The molecule has 2 aromatic carbocycles. The maximum atomic E-state index is 13.2. The predicted molar refractivity (Wildman–Crippen MR) is 122 cm³/mol. The maximum absolute atomic E-state index is 13.2. The topological polar surface area (TPSA) is 67.9 Å². The van der Waals surface area contributed by atoms with Crippen LogP contribution in [0.15, 0.2) is 48.5 Å². The molecule has 0 bridgehead atoms. The maximum Gasteiger partial charge on any atom is 0.261 e. The standard InChI is InChI=1S/C24H31ClN2O4/c1-4-6-13-26-24(29)22(5-2)27(16-18-9-7-11-20(14-18)30-3)23(28)17-31-21-12-8-10-19(25)15-21/h7-12,14-15,22H,4-6,13,16-17H2,1-3H3,(H,26,29)/t22-/m1/s1. The Morgan fingerprint density at radius 1 is 1.10 bits per heavy atom. The average Bonchev–Trinajstić information content (AvgIpc) is 2.77. The number of carbonyl (C=O) groups excluding carboxylic acids is 2. The number of nitrogens with zero attached hydrogens (tertiary/aromatic N) is 1. The Morgan fingerprint density at radius 2 is 1.84 bits per heavy atom. The number of unbranched alkanes of at least 4 members (excludes halogenated alkanes) is 1. The summed E-state index contributed by atoms with van der Waals surface area (Å²) >= 11 is 5.99. The number of ether oxygens (including phenoxy) is 2. The first kappa shape index (κ1) is 24.5. The van der Waals surface area contributed by atoms with Crippen LogP contribution in [-0.4, -0.2) is 43.0 Å². The summed E-state index contributed by atoms with van der Waals surface area (Å²) < 4.78 is 10.9. The highest BCUT2D eigenvalue weighted by molar-refractivity contribution is 6.30. The quantitative estimate of drug-likeness (QED) is 0.489. The fourth-order valence-electron chi connectivity index (χ4n) is 3.18. The molecule has 2 amide bonds. The van der Waals surface area contributed by atoms with Crippen LogP contribution in [0.3, 0.4) is 0 Å². The van der Waals surface area contributed by atoms with Crippen LogP contribution >= 0.6 is 11.6 Å². The van der Waals surface area contributed by atoms with Gasteiger partial charge in [0, 0.05) is 18.1 Å². The van der Waals surface area contributed by atoms with Gasteiger partial charge < -0.3 is 19.7 Å². The van der Waals surface area contributed by atoms with Gasteiger partial charge in [-0.3, -0.25) is 9.59 Å². The molecule has 1 atom stereocenters. The second kappa shape index (κ2) is 12.8. The minimum Gasteiger partial charge on any atom is -0.497 e. The van der Waals surface area contributed by atoms with Crippen LogP contribution in [0.1, 0.15) is 38.7 Å². The van der Waals surface area contributed by atoms with Crippen molar-refractivity contribution in [1.29, 1.82) is 0 Å². The molecule has 0 heterocycles. The van der Waals surface area contributed by atoms with E-state index in [0.717, 1.165) is 18.4 Å². The molecule has 31 heavy (non-hydrogen) atoms. The Morgan fingerprint density at radius 3 is 2.52 bits per heavy atom. The number of carbonyl (C=O) groups is 2. The van der Waals surface area contributed by atoms with Gasteiger partial charge in [0.2, 0.25) is 5.91 Å². The molecule has 0 aromatic heterocycles. The Kier molecular flexibility index (Phi) is 10.2. The van der Waals surface area contributed by atoms with Gasteiger partial charge in [-0.05, 0) is 48.7 Å². The van der Waals surface area contributed by atoms with Gasteiger partial charge in [0.05, 0.1) is 7.11 Å². The lowest BCUT2D eigenvalue weighted by Gasteiger charge is -2.30. The Balaban J connectivity index is 2.19. The summed E-state index contributed by atoms with van der Waals surface area (Å²) in [5, 5.41) is 3.47. The van der Waals surface area contributed by atoms with E-state index in [1.165, 1.54) is 0 Å². The van der Waals surface area contributed by atoms with E-state index >= 15 is 0 Å². The van der Waals surface area contributed by atoms with Crippen molar-refractivity contribution in [3.63, 3.8) is 0 Å². The zero-order valence-electron chi connectivity index (χ0n) is 18.4. The van der Waals surface area contributed by atoms with E-state index in [2.05, 4.69) is 12.2 Å². The third-order valence-electron chi connectivity index (χ3n) is 4.86. The zero-order chi connectivity index (χ0) is 22.6. The van der Waals surface area contributed by atoms with Crippen molar-refractivity contribution in [3.05, 3.63) is 59.1 Å². The van der Waals surface area contributed by atoms with E-state index in [1.54, 1.807) is 36.3 Å². The van der Waals surface area contributed by atoms with Gasteiger partial charge in [-0.15, -0.1) is 0 Å². The third kappa shape index (κ3) is 7.79. The van der Waals surface area contributed by atoms with Crippen LogP contribution in [-0.2, 0) is 16.1 Å². The summed E-state index contributed by atoms with van der Waals surface area (Å²) in [6, 6.07) is 13.7. The van der Waals surface area contributed by atoms with E-state index in [9.17, 15) is 9.59 Å². The normalized spacial score (nSPS) is 11.5. The molecule has 2 aromatic rings. The molecule has 0 unspecified atom stereocenters. The molecule has 0 aliphatic carbocycles. The minimum absolute atomic E-state index is 0.157. The predicted octanol–water partition coefficient (Wildman–Crippen LogP) is 4.45. The summed E-state index contributed by atoms with van der Waals surface area (Å²) in [6.45, 7) is 4.63. The highest BCUT2D eigenvalue weighted by Crippen LogP contribution is 2.19. The first-order valence-corrected chi connectivity index (χ1v) is 10.9. The first-order valence-electron chi connectivity index (χ1n) is 10.6. The van der Waals surface area contributed by atoms with Crippen molar-refractivity contribution in [2.45, 2.75) is 45.7 Å². The lowest BCUT2D eigenvalue weighted by atomic mass is 10.1. The number of nitrogens with one attached hydrogen (secondary N) is 1. The SMILES string of the molecule is CCCCNC(=O)[C@@H](CC)N(Cc1cccc(OC)c1)C(=O)COc1cccc(Cl)c1. The summed E-state index contributed by atoms with van der Waals surface area (Å²) in [7, 11) is 1.59. The number of hydrogen-bond donors (Lipinski definition) is 1. The van der Waals surface area contributed by atoms with E-state index in [1.807, 2.05) is 31.2 Å². The lowest BCUT2D eigenvalue weighted by Crippen LogP contribution is -2.50. The number of rotatable bonds is 12. The molecule has 0 radical (unpaired) electrons. The summed E-state index contributed by atoms with van der Waals surface area (Å²) in [6.07, 6.45) is 2.37. The molecular formula is C24H31ClN2O4. The van der Waals surface area contributed by atoms with Crippen molar-refractivity contribution in [3.8, 4) is 11.5 Å². The zero-order valence-corrected chi connectivity index (χ0v) is 19.2. The summed E-state index contributed by atoms with van der Waals surface area (Å²) in [5.74, 6) is 0.762. The fraction of sp³-hybridized carbons (Fsp3) is 0.417.